The number of nitrogens with one attached hydrogen (secondary N) is 2. The van der Waals surface area contributed by atoms with Crippen LogP contribution in [0, 0.1) is 17.3 Å². The van der Waals surface area contributed by atoms with E-state index in [4.69, 9.17) is 9.84 Å². The van der Waals surface area contributed by atoms with Gasteiger partial charge < -0.3 is 25.4 Å². The molecule has 3 saturated heterocycles. The first-order valence-electron chi connectivity index (χ1n) is 15.3. The smallest absolute Gasteiger partial charge is 0.244 e. The first-order valence-corrected chi connectivity index (χ1v) is 16.1. The third-order valence-electron chi connectivity index (χ3n) is 8.53. The van der Waals surface area contributed by atoms with E-state index in [1.54, 1.807) is 16.7 Å². The largest absolute Gasteiger partial charge is 0.494 e. The van der Waals surface area contributed by atoms with Gasteiger partial charge in [0.1, 0.15) is 11.8 Å². The predicted molar refractivity (Wildman–Crippen MR) is 164 cm³/mol. The van der Waals surface area contributed by atoms with Crippen molar-refractivity contribution in [2.24, 2.45) is 17.3 Å². The van der Waals surface area contributed by atoms with Crippen LogP contribution in [0.3, 0.4) is 0 Å². The van der Waals surface area contributed by atoms with Gasteiger partial charge in [0.05, 0.1) is 23.2 Å². The molecule has 2 bridgehead atoms. The molecule has 3 N–H and O–H groups in total. The zero-order chi connectivity index (χ0) is 30.0. The summed E-state index contributed by atoms with van der Waals surface area (Å²) >= 11 is 1.70. The molecule has 1 aromatic rings. The van der Waals surface area contributed by atoms with Gasteiger partial charge in [0.2, 0.25) is 17.7 Å². The van der Waals surface area contributed by atoms with Gasteiger partial charge in [-0.2, -0.15) is 0 Å². The molecule has 0 aliphatic carbocycles. The molecule has 0 radical (unpaired) electrons. The number of ether oxygens (including phenoxy) is 1. The number of aliphatic hydroxyl groups excluding tert-OH is 1. The number of hydrogen-bond acceptors (Lipinski definition) is 6. The van der Waals surface area contributed by atoms with E-state index >= 15 is 0 Å². The van der Waals surface area contributed by atoms with Crippen molar-refractivity contribution < 1.29 is 24.2 Å². The number of carbonyl (C=O) groups excluding carboxylic acids is 3. The van der Waals surface area contributed by atoms with Crippen LogP contribution in [0.5, 0.6) is 5.75 Å². The van der Waals surface area contributed by atoms with E-state index in [0.717, 1.165) is 50.7 Å². The molecule has 9 heteroatoms. The summed E-state index contributed by atoms with van der Waals surface area (Å²) in [6.07, 6.45) is 5.62. The highest BCUT2D eigenvalue weighted by Gasteiger charge is 2.73. The predicted octanol–water partition coefficient (Wildman–Crippen LogP) is 5.00. The quantitative estimate of drug-likeness (QED) is 0.281. The summed E-state index contributed by atoms with van der Waals surface area (Å²) in [5.74, 6) is -0.584. The molecule has 3 aliphatic rings. The average Bonchev–Trinajstić information content (AvgIpc) is 3.51. The number of amides is 3. The lowest BCUT2D eigenvalue weighted by Crippen LogP contribution is -2.58. The average molecular weight is 588 g/mol. The second-order valence-corrected chi connectivity index (χ2v) is 15.4. The number of anilines is 1. The lowest BCUT2D eigenvalue weighted by molar-refractivity contribution is -0.139. The maximum Gasteiger partial charge on any atom is 0.244 e. The van der Waals surface area contributed by atoms with Crippen LogP contribution in [0.25, 0.3) is 0 Å². The molecule has 228 valence electrons. The molecule has 3 heterocycles. The van der Waals surface area contributed by atoms with Crippen LogP contribution in [-0.2, 0) is 14.4 Å². The van der Waals surface area contributed by atoms with Gasteiger partial charge in [-0.3, -0.25) is 14.4 Å². The van der Waals surface area contributed by atoms with E-state index < -0.39 is 28.2 Å². The van der Waals surface area contributed by atoms with Gasteiger partial charge in [-0.1, -0.05) is 33.6 Å². The van der Waals surface area contributed by atoms with Crippen molar-refractivity contribution in [3.63, 3.8) is 0 Å². The van der Waals surface area contributed by atoms with Crippen molar-refractivity contribution in [1.29, 1.82) is 0 Å². The molecular formula is C32H49N3O5S. The van der Waals surface area contributed by atoms with Crippen LogP contribution in [0.15, 0.2) is 24.3 Å². The number of likely N-dealkylation sites (tertiary alicyclic amines) is 1. The van der Waals surface area contributed by atoms with Crippen molar-refractivity contribution in [1.82, 2.24) is 10.2 Å². The van der Waals surface area contributed by atoms with Crippen LogP contribution in [0.4, 0.5) is 5.69 Å². The first-order chi connectivity index (χ1) is 19.3. The van der Waals surface area contributed by atoms with Crippen molar-refractivity contribution in [3.8, 4) is 5.75 Å². The van der Waals surface area contributed by atoms with E-state index in [2.05, 4.69) is 31.4 Å². The van der Waals surface area contributed by atoms with Gasteiger partial charge in [0, 0.05) is 29.6 Å². The molecule has 3 amide bonds. The monoisotopic (exact) mass is 587 g/mol. The number of thioether (sulfide) groups is 1. The van der Waals surface area contributed by atoms with Gasteiger partial charge in [0.25, 0.3) is 0 Å². The molecule has 3 aliphatic heterocycles. The number of hydrogen-bond donors (Lipinski definition) is 3. The van der Waals surface area contributed by atoms with Crippen molar-refractivity contribution in [2.45, 2.75) is 108 Å². The first kappa shape index (κ1) is 31.7. The standard InChI is InChI=1S/C32H49N3O5S/c1-7-40-22-14-12-21(13-15-22)33-27(37)24-23-16-17-32(41-23)25(24)29(39)35(18-10-8-9-11-19-36)26(32)28(38)34-31(5,6)20-30(2,3)4/h12-15,23-26,36H,7-11,16-20H2,1-6H3,(H,33,37)(H,34,38)/t23-,24+,25+,26?,32?/m1/s1. The number of rotatable bonds is 13. The molecular weight excluding hydrogens is 538 g/mol. The number of unbranched alkanes of at least 4 members (excludes halogenated alkanes) is 3. The minimum Gasteiger partial charge on any atom is -0.494 e. The van der Waals surface area contributed by atoms with E-state index in [9.17, 15) is 14.4 Å². The Bertz CT molecular complexity index is 1100. The maximum absolute atomic E-state index is 14.2. The number of carbonyl (C=O) groups is 3. The lowest BCUT2D eigenvalue weighted by atomic mass is 9.70. The number of fused-ring (bicyclic) bond motifs is 1. The Morgan fingerprint density at radius 2 is 1.76 bits per heavy atom. The SMILES string of the molecule is CCOc1ccc(NC(=O)[C@@H]2[C@H]3C(=O)N(CCCCCCO)C(C(=O)NC(C)(C)CC(C)(C)C)C34CC[C@H]2S4)cc1. The van der Waals surface area contributed by atoms with Crippen molar-refractivity contribution >= 4 is 35.2 Å². The van der Waals surface area contributed by atoms with Gasteiger partial charge in [-0.25, -0.2) is 0 Å². The normalized spacial score (nSPS) is 27.2. The van der Waals surface area contributed by atoms with E-state index in [-0.39, 0.29) is 35.0 Å². The molecule has 0 saturated carbocycles. The Balaban J connectivity index is 1.58. The number of benzene rings is 1. The Labute approximate surface area is 249 Å². The van der Waals surface area contributed by atoms with E-state index in [1.807, 2.05) is 45.0 Å². The summed E-state index contributed by atoms with van der Waals surface area (Å²) in [7, 11) is 0. The second-order valence-electron chi connectivity index (χ2n) is 13.8. The summed E-state index contributed by atoms with van der Waals surface area (Å²) in [6, 6.07) is 6.70. The van der Waals surface area contributed by atoms with Crippen LogP contribution < -0.4 is 15.4 Å². The minimum absolute atomic E-state index is 0.0104. The van der Waals surface area contributed by atoms with E-state index in [1.165, 1.54) is 0 Å². The Hall–Kier alpha value is -2.26. The van der Waals surface area contributed by atoms with Gasteiger partial charge in [-0.05, 0) is 82.6 Å². The van der Waals surface area contributed by atoms with Gasteiger partial charge in [-0.15, -0.1) is 11.8 Å². The third kappa shape index (κ3) is 6.87. The van der Waals surface area contributed by atoms with Crippen LogP contribution in [-0.4, -0.2) is 69.1 Å². The summed E-state index contributed by atoms with van der Waals surface area (Å²) < 4.78 is 4.92. The molecule has 2 unspecified atom stereocenters. The molecule has 41 heavy (non-hydrogen) atoms. The summed E-state index contributed by atoms with van der Waals surface area (Å²) in [4.78, 5) is 43.9. The molecule has 5 atom stereocenters. The summed E-state index contributed by atoms with van der Waals surface area (Å²) in [5.41, 5.74) is 0.260. The zero-order valence-electron chi connectivity index (χ0n) is 25.6. The number of aliphatic hydroxyl groups is 1. The summed E-state index contributed by atoms with van der Waals surface area (Å²) in [6.45, 7) is 13.7. The second kappa shape index (κ2) is 12.5. The molecule has 1 spiro atoms. The molecule has 1 aromatic carbocycles. The van der Waals surface area contributed by atoms with Crippen LogP contribution >= 0.6 is 11.8 Å². The highest BCUT2D eigenvalue weighted by atomic mass is 32.2. The Morgan fingerprint density at radius 1 is 1.07 bits per heavy atom. The molecule has 4 rings (SSSR count). The topological polar surface area (TPSA) is 108 Å². The highest BCUT2D eigenvalue weighted by molar-refractivity contribution is 8.02. The van der Waals surface area contributed by atoms with E-state index in [0.29, 0.717) is 18.8 Å². The van der Waals surface area contributed by atoms with Crippen LogP contribution in [0.2, 0.25) is 0 Å². The molecule has 3 fully saturated rings. The fraction of sp³-hybridized carbons (Fsp3) is 0.719. The third-order valence-corrected chi connectivity index (χ3v) is 10.5. The lowest BCUT2D eigenvalue weighted by Gasteiger charge is -2.39. The fourth-order valence-electron chi connectivity index (χ4n) is 7.54. The highest BCUT2D eigenvalue weighted by Crippen LogP contribution is 2.66. The van der Waals surface area contributed by atoms with Crippen LogP contribution in [0.1, 0.15) is 86.5 Å². The molecule has 0 aromatic heterocycles. The zero-order valence-corrected chi connectivity index (χ0v) is 26.4. The summed E-state index contributed by atoms with van der Waals surface area (Å²) in [5, 5.41) is 15.5. The fourth-order valence-corrected chi connectivity index (χ4v) is 9.76. The molecule has 8 nitrogen and oxygen atoms in total. The Morgan fingerprint density at radius 3 is 2.39 bits per heavy atom. The van der Waals surface area contributed by atoms with Gasteiger partial charge >= 0.3 is 0 Å². The Kier molecular flexibility index (Phi) is 9.69. The minimum atomic E-state index is -0.602. The van der Waals surface area contributed by atoms with Crippen molar-refractivity contribution in [2.75, 3.05) is 25.1 Å². The number of nitrogens with zero attached hydrogens (tertiary/aromatic N) is 1. The van der Waals surface area contributed by atoms with Crippen molar-refractivity contribution in [3.05, 3.63) is 24.3 Å². The maximum atomic E-state index is 14.2. The van der Waals surface area contributed by atoms with Gasteiger partial charge in [0.15, 0.2) is 0 Å².